The van der Waals surface area contributed by atoms with Crippen molar-refractivity contribution in [1.82, 2.24) is 14.7 Å². The number of piperidine rings is 1. The van der Waals surface area contributed by atoms with E-state index in [1.807, 2.05) is 0 Å². The molecule has 0 aromatic rings. The molecule has 1 saturated carbocycles. The zero-order chi connectivity index (χ0) is 14.8. The van der Waals surface area contributed by atoms with Crippen molar-refractivity contribution in [3.63, 3.8) is 0 Å². The molecule has 0 unspecified atom stereocenters. The lowest BCUT2D eigenvalue weighted by Gasteiger charge is -2.42. The smallest absolute Gasteiger partial charge is 0.226 e. The van der Waals surface area contributed by atoms with Crippen LogP contribution in [0.25, 0.3) is 0 Å². The van der Waals surface area contributed by atoms with E-state index >= 15 is 0 Å². The number of rotatable bonds is 4. The van der Waals surface area contributed by atoms with Crippen molar-refractivity contribution in [2.75, 3.05) is 45.8 Å². The second-order valence-corrected chi connectivity index (χ2v) is 7.25. The molecule has 1 amide bonds. The molecule has 3 rings (SSSR count). The Morgan fingerprint density at radius 2 is 1.67 bits per heavy atom. The molecule has 0 aromatic carbocycles. The first-order chi connectivity index (χ1) is 10.2. The molecule has 0 bridgehead atoms. The van der Waals surface area contributed by atoms with Gasteiger partial charge in [-0.3, -0.25) is 9.69 Å². The maximum Gasteiger partial charge on any atom is 0.226 e. The highest BCUT2D eigenvalue weighted by Gasteiger charge is 2.42. The first-order valence-corrected chi connectivity index (χ1v) is 8.94. The molecule has 0 radical (unpaired) electrons. The van der Waals surface area contributed by atoms with E-state index in [0.29, 0.717) is 17.7 Å². The van der Waals surface area contributed by atoms with Crippen LogP contribution in [0.3, 0.4) is 0 Å². The van der Waals surface area contributed by atoms with Crippen LogP contribution >= 0.6 is 0 Å². The fourth-order valence-electron chi connectivity index (χ4n) is 4.03. The summed E-state index contributed by atoms with van der Waals surface area (Å²) in [5, 5.41) is 0. The maximum atomic E-state index is 12.3. The average molecular weight is 293 g/mol. The van der Waals surface area contributed by atoms with Crippen LogP contribution in [0.5, 0.6) is 0 Å². The SMILES string of the molecule is CCCN1CCC(N2CCN(C(=O)[C@@H]3C[C@H]3C)CC2)CC1. The van der Waals surface area contributed by atoms with Crippen LogP contribution in [0.15, 0.2) is 0 Å². The minimum atomic E-state index is 0.355. The van der Waals surface area contributed by atoms with Crippen molar-refractivity contribution < 1.29 is 4.79 Å². The third-order valence-corrected chi connectivity index (χ3v) is 5.67. The first-order valence-electron chi connectivity index (χ1n) is 8.94. The lowest BCUT2D eigenvalue weighted by atomic mass is 10.0. The standard InChI is InChI=1S/C17H31N3O/c1-3-6-18-7-4-15(5-8-18)19-9-11-20(12-10-19)17(21)16-13-14(16)2/h14-16H,3-13H2,1-2H3/t14-,16-/m1/s1. The fourth-order valence-corrected chi connectivity index (χ4v) is 4.03. The molecule has 120 valence electrons. The van der Waals surface area contributed by atoms with Gasteiger partial charge in [0.1, 0.15) is 0 Å². The van der Waals surface area contributed by atoms with Crippen LogP contribution in [-0.2, 0) is 4.79 Å². The molecule has 4 heteroatoms. The Labute approximate surface area is 129 Å². The topological polar surface area (TPSA) is 26.8 Å². The Bertz CT molecular complexity index is 357. The van der Waals surface area contributed by atoms with Gasteiger partial charge in [0.2, 0.25) is 5.91 Å². The summed E-state index contributed by atoms with van der Waals surface area (Å²) in [6, 6.07) is 0.759. The Hall–Kier alpha value is -0.610. The third kappa shape index (κ3) is 3.59. The van der Waals surface area contributed by atoms with Gasteiger partial charge in [0.15, 0.2) is 0 Å². The van der Waals surface area contributed by atoms with E-state index in [1.54, 1.807) is 0 Å². The first kappa shape index (κ1) is 15.3. The second-order valence-electron chi connectivity index (χ2n) is 7.25. The summed E-state index contributed by atoms with van der Waals surface area (Å²) in [4.78, 5) is 19.6. The van der Waals surface area contributed by atoms with Gasteiger partial charge in [-0.15, -0.1) is 0 Å². The summed E-state index contributed by atoms with van der Waals surface area (Å²) in [5.41, 5.74) is 0. The van der Waals surface area contributed by atoms with Crippen LogP contribution < -0.4 is 0 Å². The summed E-state index contributed by atoms with van der Waals surface area (Å²) < 4.78 is 0. The van der Waals surface area contributed by atoms with Gasteiger partial charge in [-0.1, -0.05) is 13.8 Å². The van der Waals surface area contributed by atoms with Crippen LogP contribution in [-0.4, -0.2) is 72.5 Å². The molecule has 0 aromatic heterocycles. The predicted molar refractivity (Wildman–Crippen MR) is 85.2 cm³/mol. The van der Waals surface area contributed by atoms with Gasteiger partial charge in [0.25, 0.3) is 0 Å². The predicted octanol–water partition coefficient (Wildman–Crippen LogP) is 1.66. The highest BCUT2D eigenvalue weighted by Crippen LogP contribution is 2.39. The summed E-state index contributed by atoms with van der Waals surface area (Å²) in [6.45, 7) is 12.3. The van der Waals surface area contributed by atoms with E-state index in [-0.39, 0.29) is 0 Å². The van der Waals surface area contributed by atoms with Crippen LogP contribution in [0.1, 0.15) is 39.5 Å². The van der Waals surface area contributed by atoms with E-state index in [4.69, 9.17) is 0 Å². The van der Waals surface area contributed by atoms with Gasteiger partial charge in [-0.05, 0) is 51.2 Å². The van der Waals surface area contributed by atoms with Crippen molar-refractivity contribution in [3.8, 4) is 0 Å². The third-order valence-electron chi connectivity index (χ3n) is 5.67. The highest BCUT2D eigenvalue weighted by atomic mass is 16.2. The van der Waals surface area contributed by atoms with Crippen molar-refractivity contribution in [1.29, 1.82) is 0 Å². The number of amides is 1. The van der Waals surface area contributed by atoms with Crippen LogP contribution in [0.2, 0.25) is 0 Å². The lowest BCUT2D eigenvalue weighted by molar-refractivity contribution is -0.135. The summed E-state index contributed by atoms with van der Waals surface area (Å²) in [6.07, 6.45) is 5.02. The van der Waals surface area contributed by atoms with Crippen molar-refractivity contribution in [3.05, 3.63) is 0 Å². The molecule has 21 heavy (non-hydrogen) atoms. The van der Waals surface area contributed by atoms with E-state index in [1.165, 1.54) is 38.9 Å². The number of carbonyl (C=O) groups excluding carboxylic acids is 1. The number of nitrogens with zero attached hydrogens (tertiary/aromatic N) is 3. The van der Waals surface area contributed by atoms with E-state index in [9.17, 15) is 4.79 Å². The number of carbonyl (C=O) groups is 1. The quantitative estimate of drug-likeness (QED) is 0.789. The maximum absolute atomic E-state index is 12.3. The Kier molecular flexibility index (Phi) is 4.85. The molecule has 1 aliphatic carbocycles. The molecule has 2 aliphatic heterocycles. The highest BCUT2D eigenvalue weighted by molar-refractivity contribution is 5.81. The molecule has 2 heterocycles. The molecule has 2 atom stereocenters. The zero-order valence-corrected chi connectivity index (χ0v) is 13.8. The molecule has 4 nitrogen and oxygen atoms in total. The van der Waals surface area contributed by atoms with Gasteiger partial charge in [0, 0.05) is 38.1 Å². The molecule has 3 fully saturated rings. The molecule has 2 saturated heterocycles. The minimum absolute atomic E-state index is 0.355. The number of likely N-dealkylation sites (tertiary alicyclic amines) is 1. The number of hydrogen-bond donors (Lipinski definition) is 0. The Balaban J connectivity index is 1.41. The van der Waals surface area contributed by atoms with Crippen LogP contribution in [0, 0.1) is 11.8 Å². The van der Waals surface area contributed by atoms with E-state index in [0.717, 1.165) is 38.6 Å². The monoisotopic (exact) mass is 293 g/mol. The Morgan fingerprint density at radius 1 is 1.05 bits per heavy atom. The van der Waals surface area contributed by atoms with E-state index < -0.39 is 0 Å². The van der Waals surface area contributed by atoms with Gasteiger partial charge in [-0.2, -0.15) is 0 Å². The number of piperazine rings is 1. The minimum Gasteiger partial charge on any atom is -0.340 e. The summed E-state index contributed by atoms with van der Waals surface area (Å²) in [5.74, 6) is 1.42. The van der Waals surface area contributed by atoms with Gasteiger partial charge in [-0.25, -0.2) is 0 Å². The van der Waals surface area contributed by atoms with Crippen molar-refractivity contribution in [2.45, 2.75) is 45.6 Å². The summed E-state index contributed by atoms with van der Waals surface area (Å²) in [7, 11) is 0. The average Bonchev–Trinajstić information content (AvgIpc) is 3.25. The Morgan fingerprint density at radius 3 is 2.19 bits per heavy atom. The summed E-state index contributed by atoms with van der Waals surface area (Å²) >= 11 is 0. The molecular formula is C17H31N3O. The lowest BCUT2D eigenvalue weighted by Crippen LogP contribution is -2.54. The fraction of sp³-hybridized carbons (Fsp3) is 0.941. The number of hydrogen-bond acceptors (Lipinski definition) is 3. The zero-order valence-electron chi connectivity index (χ0n) is 13.8. The molecule has 3 aliphatic rings. The van der Waals surface area contributed by atoms with Crippen LogP contribution in [0.4, 0.5) is 0 Å². The van der Waals surface area contributed by atoms with Crippen molar-refractivity contribution >= 4 is 5.91 Å². The van der Waals surface area contributed by atoms with Gasteiger partial charge < -0.3 is 9.80 Å². The second kappa shape index (κ2) is 6.66. The van der Waals surface area contributed by atoms with Gasteiger partial charge >= 0.3 is 0 Å². The largest absolute Gasteiger partial charge is 0.340 e. The normalized spacial score (nSPS) is 32.4. The molecule has 0 N–H and O–H groups in total. The molecule has 0 spiro atoms. The van der Waals surface area contributed by atoms with Gasteiger partial charge in [0.05, 0.1) is 0 Å². The van der Waals surface area contributed by atoms with Crippen molar-refractivity contribution in [2.24, 2.45) is 11.8 Å². The van der Waals surface area contributed by atoms with E-state index in [2.05, 4.69) is 28.5 Å². The molecular weight excluding hydrogens is 262 g/mol.